The lowest BCUT2D eigenvalue weighted by molar-refractivity contribution is -0.120. The van der Waals surface area contributed by atoms with Crippen molar-refractivity contribution in [2.24, 2.45) is 5.92 Å². The van der Waals surface area contributed by atoms with E-state index < -0.39 is 0 Å². The Labute approximate surface area is 110 Å². The number of rotatable bonds is 2. The molecule has 2 unspecified atom stereocenters. The number of nitrogens with zero attached hydrogens (tertiary/aromatic N) is 4. The number of hydrogen-bond acceptors (Lipinski definition) is 5. The highest BCUT2D eigenvalue weighted by molar-refractivity contribution is 5.83. The smallest absolute Gasteiger partial charge is 0.226 e. The van der Waals surface area contributed by atoms with Crippen LogP contribution in [0.3, 0.4) is 0 Å². The maximum Gasteiger partial charge on any atom is 0.226 e. The van der Waals surface area contributed by atoms with Crippen LogP contribution in [0.2, 0.25) is 0 Å². The zero-order chi connectivity index (χ0) is 13.4. The second-order valence-electron chi connectivity index (χ2n) is 4.49. The number of carbonyl (C=O) groups is 1. The molecule has 1 N–H and O–H groups in total. The van der Waals surface area contributed by atoms with Gasteiger partial charge in [0.05, 0.1) is 12.0 Å². The Balaban J connectivity index is 2.17. The molecule has 19 heavy (non-hydrogen) atoms. The first-order valence-electron chi connectivity index (χ1n) is 5.94. The van der Waals surface area contributed by atoms with E-state index in [2.05, 4.69) is 27.0 Å². The molecular weight excluding hydrogens is 242 g/mol. The fourth-order valence-electron chi connectivity index (χ4n) is 2.46. The Kier molecular flexibility index (Phi) is 2.63. The van der Waals surface area contributed by atoms with Gasteiger partial charge >= 0.3 is 0 Å². The van der Waals surface area contributed by atoms with Crippen molar-refractivity contribution in [3.63, 3.8) is 0 Å². The summed E-state index contributed by atoms with van der Waals surface area (Å²) in [6.07, 6.45) is 4.87. The van der Waals surface area contributed by atoms with Gasteiger partial charge in [-0.15, -0.1) is 0 Å². The summed E-state index contributed by atoms with van der Waals surface area (Å²) in [6.45, 7) is 5.51. The molecule has 96 valence electrons. The van der Waals surface area contributed by atoms with E-state index in [0.717, 1.165) is 5.56 Å². The Morgan fingerprint density at radius 2 is 2.16 bits per heavy atom. The van der Waals surface area contributed by atoms with Crippen molar-refractivity contribution in [3.8, 4) is 0 Å². The minimum absolute atomic E-state index is 0.0421. The molecule has 0 aromatic carbocycles. The normalized spacial score (nSPS) is 21.6. The molecule has 2 atom stereocenters. The minimum atomic E-state index is -0.364. The van der Waals surface area contributed by atoms with Gasteiger partial charge < -0.3 is 5.32 Å². The topological polar surface area (TPSA) is 72.7 Å². The minimum Gasteiger partial charge on any atom is -0.328 e. The molecule has 0 saturated carbocycles. The van der Waals surface area contributed by atoms with E-state index in [1.165, 1.54) is 6.33 Å². The molecule has 0 radical (unpaired) electrons. The van der Waals surface area contributed by atoms with Gasteiger partial charge in [0.25, 0.3) is 0 Å². The summed E-state index contributed by atoms with van der Waals surface area (Å²) in [7, 11) is 0. The van der Waals surface area contributed by atoms with E-state index >= 15 is 0 Å². The van der Waals surface area contributed by atoms with Crippen LogP contribution < -0.4 is 5.32 Å². The average molecular weight is 255 g/mol. The van der Waals surface area contributed by atoms with Crippen LogP contribution >= 0.6 is 0 Å². The molecule has 0 fully saturated rings. The van der Waals surface area contributed by atoms with Crippen LogP contribution in [0.25, 0.3) is 0 Å². The van der Waals surface area contributed by atoms with Crippen molar-refractivity contribution in [2.45, 2.75) is 13.0 Å². The Hall–Kier alpha value is -2.50. The van der Waals surface area contributed by atoms with Crippen molar-refractivity contribution in [1.29, 1.82) is 0 Å². The molecule has 2 aromatic heterocycles. The van der Waals surface area contributed by atoms with Crippen LogP contribution in [0.5, 0.6) is 0 Å². The van der Waals surface area contributed by atoms with Crippen molar-refractivity contribution in [2.75, 3.05) is 5.32 Å². The van der Waals surface area contributed by atoms with Crippen LogP contribution in [0, 0.1) is 5.92 Å². The van der Waals surface area contributed by atoms with Crippen LogP contribution in [0.15, 0.2) is 43.1 Å². The molecule has 0 amide bonds. The third-order valence-electron chi connectivity index (χ3n) is 3.29. The summed E-state index contributed by atoms with van der Waals surface area (Å²) in [5.41, 5.74) is 1.61. The van der Waals surface area contributed by atoms with Gasteiger partial charge in [-0.25, -0.2) is 4.68 Å². The average Bonchev–Trinajstić information content (AvgIpc) is 2.85. The maximum absolute atomic E-state index is 11.9. The van der Waals surface area contributed by atoms with E-state index in [1.54, 1.807) is 24.0 Å². The maximum atomic E-state index is 11.9. The number of aromatic nitrogens is 4. The van der Waals surface area contributed by atoms with E-state index in [9.17, 15) is 4.79 Å². The number of hydrogen-bond donors (Lipinski definition) is 1. The first-order chi connectivity index (χ1) is 9.18. The molecule has 2 aromatic rings. The SMILES string of the molecule is C=C1Nc2ncnn2C(c2ccncc2)C1C(C)=O. The van der Waals surface area contributed by atoms with Crippen molar-refractivity contribution >= 4 is 11.7 Å². The number of nitrogens with one attached hydrogen (secondary N) is 1. The van der Waals surface area contributed by atoms with Gasteiger partial charge in [0.1, 0.15) is 12.1 Å². The van der Waals surface area contributed by atoms with Crippen LogP contribution in [0.1, 0.15) is 18.5 Å². The van der Waals surface area contributed by atoms with Crippen molar-refractivity contribution < 1.29 is 4.79 Å². The molecular formula is C13H13N5O. The number of fused-ring (bicyclic) bond motifs is 1. The lowest BCUT2D eigenvalue weighted by atomic mass is 9.87. The number of Topliss-reactive ketones (excluding diaryl/α,β-unsaturated/α-hetero) is 1. The largest absolute Gasteiger partial charge is 0.328 e. The molecule has 1 aliphatic heterocycles. The molecule has 3 rings (SSSR count). The summed E-state index contributed by atoms with van der Waals surface area (Å²) in [6, 6.07) is 3.53. The first kappa shape index (κ1) is 11.6. The highest BCUT2D eigenvalue weighted by atomic mass is 16.1. The summed E-state index contributed by atoms with van der Waals surface area (Å²) in [5.74, 6) is 0.279. The highest BCUT2D eigenvalue weighted by Crippen LogP contribution is 2.36. The molecule has 0 bridgehead atoms. The molecule has 0 saturated heterocycles. The third-order valence-corrected chi connectivity index (χ3v) is 3.29. The lowest BCUT2D eigenvalue weighted by Gasteiger charge is -2.33. The number of anilines is 1. The third kappa shape index (κ3) is 1.81. The second kappa shape index (κ2) is 4.31. The predicted octanol–water partition coefficient (Wildman–Crippen LogP) is 1.41. The highest BCUT2D eigenvalue weighted by Gasteiger charge is 2.37. The van der Waals surface area contributed by atoms with E-state index in [-0.39, 0.29) is 17.7 Å². The molecule has 6 nitrogen and oxygen atoms in total. The molecule has 0 spiro atoms. The first-order valence-corrected chi connectivity index (χ1v) is 5.94. The van der Waals surface area contributed by atoms with Crippen LogP contribution in [0.4, 0.5) is 5.95 Å². The predicted molar refractivity (Wildman–Crippen MR) is 69.3 cm³/mol. The number of ketones is 1. The van der Waals surface area contributed by atoms with Crippen LogP contribution in [-0.4, -0.2) is 25.5 Å². The fraction of sp³-hybridized carbons (Fsp3) is 0.231. The van der Waals surface area contributed by atoms with Gasteiger partial charge in [0, 0.05) is 18.1 Å². The van der Waals surface area contributed by atoms with Gasteiger partial charge in [-0.2, -0.15) is 10.1 Å². The van der Waals surface area contributed by atoms with E-state index in [4.69, 9.17) is 0 Å². The van der Waals surface area contributed by atoms with Gasteiger partial charge in [0.15, 0.2) is 0 Å². The van der Waals surface area contributed by atoms with E-state index in [1.807, 2.05) is 12.1 Å². The Bertz CT molecular complexity index is 633. The lowest BCUT2D eigenvalue weighted by Crippen LogP contribution is -2.35. The van der Waals surface area contributed by atoms with Crippen molar-refractivity contribution in [3.05, 3.63) is 48.7 Å². The summed E-state index contributed by atoms with van der Waals surface area (Å²) < 4.78 is 1.72. The Morgan fingerprint density at radius 3 is 2.84 bits per heavy atom. The van der Waals surface area contributed by atoms with Gasteiger partial charge in [-0.05, 0) is 24.6 Å². The molecule has 0 aliphatic carbocycles. The van der Waals surface area contributed by atoms with Gasteiger partial charge in [-0.3, -0.25) is 9.78 Å². The monoisotopic (exact) mass is 255 g/mol. The van der Waals surface area contributed by atoms with Gasteiger partial charge in [-0.1, -0.05) is 6.58 Å². The molecule has 6 heteroatoms. The number of carbonyl (C=O) groups excluding carboxylic acids is 1. The summed E-state index contributed by atoms with van der Waals surface area (Å²) >= 11 is 0. The molecule has 3 heterocycles. The van der Waals surface area contributed by atoms with Crippen molar-refractivity contribution in [1.82, 2.24) is 19.7 Å². The summed E-state index contributed by atoms with van der Waals surface area (Å²) in [5, 5.41) is 7.24. The van der Waals surface area contributed by atoms with E-state index in [0.29, 0.717) is 11.6 Å². The van der Waals surface area contributed by atoms with Crippen LogP contribution in [-0.2, 0) is 4.79 Å². The summed E-state index contributed by atoms with van der Waals surface area (Å²) in [4.78, 5) is 20.1. The molecule has 1 aliphatic rings. The standard InChI is InChI=1S/C13H13N5O/c1-8-11(9(2)19)12(10-3-5-14-6-4-10)18-13(17-8)15-7-16-18/h3-7,11-12H,1H2,2H3,(H,15,16,17). The van der Waals surface area contributed by atoms with Gasteiger partial charge in [0.2, 0.25) is 5.95 Å². The quantitative estimate of drug-likeness (QED) is 0.878. The fourth-order valence-corrected chi connectivity index (χ4v) is 2.46. The zero-order valence-corrected chi connectivity index (χ0v) is 10.4. The number of allylic oxidation sites excluding steroid dienone is 1. The second-order valence-corrected chi connectivity index (χ2v) is 4.49. The zero-order valence-electron chi connectivity index (χ0n) is 10.4. The Morgan fingerprint density at radius 1 is 1.42 bits per heavy atom. The number of pyridine rings is 1.